The zero-order valence-corrected chi connectivity index (χ0v) is 11.7. The molecular weight excluding hydrogens is 248 g/mol. The molecule has 0 aliphatic rings. The van der Waals surface area contributed by atoms with Gasteiger partial charge in [-0.25, -0.2) is 4.98 Å². The molecule has 0 saturated heterocycles. The number of imidazole rings is 1. The first-order valence-electron chi connectivity index (χ1n) is 6.77. The Morgan fingerprint density at radius 2 is 2.10 bits per heavy atom. The Morgan fingerprint density at radius 1 is 1.20 bits per heavy atom. The summed E-state index contributed by atoms with van der Waals surface area (Å²) in [6.07, 6.45) is 8.39. The van der Waals surface area contributed by atoms with Crippen LogP contribution < -0.4 is 0 Å². The van der Waals surface area contributed by atoms with Crippen molar-refractivity contribution >= 4 is 0 Å². The van der Waals surface area contributed by atoms with Crippen molar-refractivity contribution in [3.63, 3.8) is 0 Å². The van der Waals surface area contributed by atoms with Crippen LogP contribution in [0.2, 0.25) is 0 Å². The molecule has 0 fully saturated rings. The van der Waals surface area contributed by atoms with Gasteiger partial charge in [0.05, 0.1) is 12.5 Å². The predicted molar refractivity (Wildman–Crippen MR) is 78.6 cm³/mol. The minimum Gasteiger partial charge on any atom is -0.348 e. The Balaban J connectivity index is 2.03. The van der Waals surface area contributed by atoms with Crippen molar-refractivity contribution in [2.75, 3.05) is 0 Å². The topological polar surface area (TPSA) is 57.4 Å². The molecule has 2 aromatic heterocycles. The molecule has 0 radical (unpaired) electrons. The minimum atomic E-state index is 0.273. The summed E-state index contributed by atoms with van der Waals surface area (Å²) in [5.41, 5.74) is 6.34. The van der Waals surface area contributed by atoms with E-state index in [2.05, 4.69) is 52.2 Å². The Labute approximate surface area is 118 Å². The number of nitrogens with one attached hydrogen (secondary N) is 2. The largest absolute Gasteiger partial charge is 0.348 e. The fraction of sp³-hybridized carbons (Fsp3) is 0.250. The molecule has 0 saturated carbocycles. The van der Waals surface area contributed by atoms with Gasteiger partial charge in [0, 0.05) is 24.0 Å². The zero-order valence-electron chi connectivity index (χ0n) is 11.7. The van der Waals surface area contributed by atoms with Gasteiger partial charge in [-0.15, -0.1) is 0 Å². The molecule has 0 unspecified atom stereocenters. The van der Waals surface area contributed by atoms with E-state index in [1.165, 1.54) is 22.3 Å². The summed E-state index contributed by atoms with van der Waals surface area (Å²) in [6.45, 7) is 4.34. The van der Waals surface area contributed by atoms with E-state index in [9.17, 15) is 0 Å². The van der Waals surface area contributed by atoms with E-state index >= 15 is 0 Å². The first-order valence-corrected chi connectivity index (χ1v) is 6.77. The van der Waals surface area contributed by atoms with Crippen molar-refractivity contribution in [2.45, 2.75) is 26.2 Å². The third-order valence-corrected chi connectivity index (χ3v) is 3.91. The van der Waals surface area contributed by atoms with E-state index in [1.54, 1.807) is 6.33 Å². The second kappa shape index (κ2) is 5.33. The molecule has 0 bridgehead atoms. The fourth-order valence-electron chi connectivity index (χ4n) is 2.62. The number of nitrogens with zero attached hydrogens (tertiary/aromatic N) is 2. The maximum absolute atomic E-state index is 4.17. The maximum atomic E-state index is 4.17. The van der Waals surface area contributed by atoms with Gasteiger partial charge in [0.1, 0.15) is 0 Å². The molecule has 1 atom stereocenters. The first kappa shape index (κ1) is 12.7. The minimum absolute atomic E-state index is 0.273. The molecule has 102 valence electrons. The molecule has 0 spiro atoms. The van der Waals surface area contributed by atoms with E-state index in [0.29, 0.717) is 0 Å². The van der Waals surface area contributed by atoms with E-state index in [4.69, 9.17) is 0 Å². The van der Waals surface area contributed by atoms with E-state index in [0.717, 1.165) is 12.1 Å². The van der Waals surface area contributed by atoms with Gasteiger partial charge in [-0.2, -0.15) is 5.10 Å². The normalized spacial score (nSPS) is 12.5. The first-order chi connectivity index (χ1) is 9.75. The standard InChI is InChI=1S/C16H18N4/c1-11-4-3-5-14(12(11)2)15(16-9-17-10-18-16)6-13-7-19-20-8-13/h3-5,7-10,15H,6H2,1-2H3,(H,17,18)(H,19,20)/t15-/m0/s1. The van der Waals surface area contributed by atoms with E-state index < -0.39 is 0 Å². The SMILES string of the molecule is Cc1cccc([C@H](Cc2cn[nH]c2)c2cnc[nH]2)c1C. The number of H-pyrrole nitrogens is 2. The predicted octanol–water partition coefficient (Wildman–Crippen LogP) is 3.12. The molecule has 1 aromatic carbocycles. The summed E-state index contributed by atoms with van der Waals surface area (Å²) in [5.74, 6) is 0.273. The Bertz CT molecular complexity index is 669. The van der Waals surface area contributed by atoms with Gasteiger partial charge in [0.15, 0.2) is 0 Å². The Hall–Kier alpha value is -2.36. The number of aromatic nitrogens is 4. The van der Waals surface area contributed by atoms with Crippen LogP contribution in [0.3, 0.4) is 0 Å². The number of aromatic amines is 2. The molecule has 20 heavy (non-hydrogen) atoms. The molecule has 2 N–H and O–H groups in total. The highest BCUT2D eigenvalue weighted by atomic mass is 15.1. The lowest BCUT2D eigenvalue weighted by Crippen LogP contribution is -2.08. The molecule has 4 heteroatoms. The average molecular weight is 266 g/mol. The van der Waals surface area contributed by atoms with Crippen LogP contribution >= 0.6 is 0 Å². The van der Waals surface area contributed by atoms with Crippen LogP contribution in [0.15, 0.2) is 43.1 Å². The average Bonchev–Trinajstić information content (AvgIpc) is 3.11. The molecule has 0 aliphatic heterocycles. The van der Waals surface area contributed by atoms with Crippen molar-refractivity contribution in [1.82, 2.24) is 20.2 Å². The summed E-state index contributed by atoms with van der Waals surface area (Å²) in [5, 5.41) is 6.92. The molecule has 2 heterocycles. The van der Waals surface area contributed by atoms with E-state index in [1.807, 2.05) is 18.6 Å². The second-order valence-corrected chi connectivity index (χ2v) is 5.16. The van der Waals surface area contributed by atoms with Crippen molar-refractivity contribution in [1.29, 1.82) is 0 Å². The Kier molecular flexibility index (Phi) is 3.37. The summed E-state index contributed by atoms with van der Waals surface area (Å²) in [7, 11) is 0. The van der Waals surface area contributed by atoms with Crippen LogP contribution in [0.25, 0.3) is 0 Å². The lowest BCUT2D eigenvalue weighted by molar-refractivity contribution is 0.773. The van der Waals surface area contributed by atoms with Crippen LogP contribution in [-0.4, -0.2) is 20.2 Å². The molecule has 0 aliphatic carbocycles. The van der Waals surface area contributed by atoms with Crippen LogP contribution in [0.4, 0.5) is 0 Å². The van der Waals surface area contributed by atoms with E-state index in [-0.39, 0.29) is 5.92 Å². The van der Waals surface area contributed by atoms with Crippen LogP contribution in [0, 0.1) is 13.8 Å². The number of hydrogen-bond donors (Lipinski definition) is 2. The highest BCUT2D eigenvalue weighted by Crippen LogP contribution is 2.30. The van der Waals surface area contributed by atoms with Crippen LogP contribution in [0.5, 0.6) is 0 Å². The van der Waals surface area contributed by atoms with Gasteiger partial charge in [-0.05, 0) is 42.5 Å². The molecular formula is C16H18N4. The number of benzene rings is 1. The summed E-state index contributed by atoms with van der Waals surface area (Å²) >= 11 is 0. The van der Waals surface area contributed by atoms with Gasteiger partial charge in [-0.1, -0.05) is 18.2 Å². The van der Waals surface area contributed by atoms with Gasteiger partial charge in [0.25, 0.3) is 0 Å². The van der Waals surface area contributed by atoms with Gasteiger partial charge >= 0.3 is 0 Å². The Morgan fingerprint density at radius 3 is 2.80 bits per heavy atom. The maximum Gasteiger partial charge on any atom is 0.0921 e. The van der Waals surface area contributed by atoms with Crippen LogP contribution in [-0.2, 0) is 6.42 Å². The quantitative estimate of drug-likeness (QED) is 0.762. The van der Waals surface area contributed by atoms with Gasteiger partial charge in [-0.3, -0.25) is 5.10 Å². The zero-order chi connectivity index (χ0) is 13.9. The molecule has 0 amide bonds. The second-order valence-electron chi connectivity index (χ2n) is 5.16. The molecule has 3 aromatic rings. The van der Waals surface area contributed by atoms with Crippen molar-refractivity contribution in [2.24, 2.45) is 0 Å². The summed E-state index contributed by atoms with van der Waals surface area (Å²) < 4.78 is 0. The lowest BCUT2D eigenvalue weighted by Gasteiger charge is -2.19. The van der Waals surface area contributed by atoms with Crippen molar-refractivity contribution in [3.8, 4) is 0 Å². The third-order valence-electron chi connectivity index (χ3n) is 3.91. The fourth-order valence-corrected chi connectivity index (χ4v) is 2.62. The van der Waals surface area contributed by atoms with Gasteiger partial charge < -0.3 is 4.98 Å². The number of hydrogen-bond acceptors (Lipinski definition) is 2. The number of aryl methyl sites for hydroxylation is 1. The smallest absolute Gasteiger partial charge is 0.0921 e. The number of rotatable bonds is 4. The highest BCUT2D eigenvalue weighted by molar-refractivity contribution is 5.40. The van der Waals surface area contributed by atoms with Crippen molar-refractivity contribution < 1.29 is 0 Å². The van der Waals surface area contributed by atoms with Gasteiger partial charge in [0.2, 0.25) is 0 Å². The lowest BCUT2D eigenvalue weighted by atomic mass is 9.86. The van der Waals surface area contributed by atoms with Crippen molar-refractivity contribution in [3.05, 3.63) is 71.1 Å². The summed E-state index contributed by atoms with van der Waals surface area (Å²) in [6, 6.07) is 6.48. The third kappa shape index (κ3) is 2.37. The molecule has 4 nitrogen and oxygen atoms in total. The monoisotopic (exact) mass is 266 g/mol. The summed E-state index contributed by atoms with van der Waals surface area (Å²) in [4.78, 5) is 7.42. The molecule has 3 rings (SSSR count). The van der Waals surface area contributed by atoms with Crippen LogP contribution in [0.1, 0.15) is 33.9 Å². The highest BCUT2D eigenvalue weighted by Gasteiger charge is 2.19.